The van der Waals surface area contributed by atoms with E-state index in [1.165, 1.54) is 12.1 Å². The lowest BCUT2D eigenvalue weighted by atomic mass is 9.75. The number of benzene rings is 1. The molecule has 142 valence electrons. The zero-order chi connectivity index (χ0) is 18.7. The molecule has 5 heterocycles. The van der Waals surface area contributed by atoms with E-state index in [0.717, 1.165) is 32.0 Å². The van der Waals surface area contributed by atoms with Gasteiger partial charge in [-0.2, -0.15) is 5.10 Å². The number of amides is 1. The van der Waals surface area contributed by atoms with Crippen molar-refractivity contribution in [3.63, 3.8) is 0 Å². The molecule has 4 aliphatic heterocycles. The van der Waals surface area contributed by atoms with Crippen LogP contribution in [0.15, 0.2) is 30.5 Å². The highest BCUT2D eigenvalue weighted by Crippen LogP contribution is 2.47. The van der Waals surface area contributed by atoms with E-state index >= 15 is 0 Å². The number of hydrogen-bond donors (Lipinski definition) is 0. The fourth-order valence-corrected chi connectivity index (χ4v) is 5.47. The fraction of sp³-hybridized carbons (Fsp3) is 0.500. The predicted molar refractivity (Wildman–Crippen MR) is 95.2 cm³/mol. The SMILES string of the molecule is Cn1nccc1C(=O)N1C[C@H](c2cc(F)cc(F)c2)[C@H]2[C@@H]1C1CCN2CC1. The van der Waals surface area contributed by atoms with Crippen molar-refractivity contribution < 1.29 is 13.6 Å². The van der Waals surface area contributed by atoms with E-state index < -0.39 is 11.6 Å². The third-order valence-corrected chi connectivity index (χ3v) is 6.61. The number of rotatable bonds is 2. The Morgan fingerprint density at radius 3 is 2.44 bits per heavy atom. The van der Waals surface area contributed by atoms with E-state index in [9.17, 15) is 13.6 Å². The number of aromatic nitrogens is 2. The topological polar surface area (TPSA) is 41.4 Å². The van der Waals surface area contributed by atoms with Crippen LogP contribution in [0.4, 0.5) is 8.78 Å². The minimum Gasteiger partial charge on any atom is -0.332 e. The molecule has 6 rings (SSSR count). The Balaban J connectivity index is 1.56. The Morgan fingerprint density at radius 1 is 1.11 bits per heavy atom. The van der Waals surface area contributed by atoms with Gasteiger partial charge in [0.2, 0.25) is 0 Å². The molecule has 1 aromatic carbocycles. The maximum absolute atomic E-state index is 13.9. The fourth-order valence-electron chi connectivity index (χ4n) is 5.47. The van der Waals surface area contributed by atoms with E-state index in [-0.39, 0.29) is 23.9 Å². The number of fused-ring (bicyclic) bond motifs is 2. The first-order valence-electron chi connectivity index (χ1n) is 9.52. The molecule has 0 saturated carbocycles. The largest absolute Gasteiger partial charge is 0.332 e. The Bertz CT molecular complexity index is 870. The molecule has 2 bridgehead atoms. The van der Waals surface area contributed by atoms with Crippen molar-refractivity contribution >= 4 is 5.91 Å². The van der Waals surface area contributed by atoms with Crippen LogP contribution in [0.5, 0.6) is 0 Å². The van der Waals surface area contributed by atoms with Crippen LogP contribution in [0.3, 0.4) is 0 Å². The summed E-state index contributed by atoms with van der Waals surface area (Å²) in [6.07, 6.45) is 3.76. The molecule has 0 radical (unpaired) electrons. The van der Waals surface area contributed by atoms with Crippen LogP contribution in [0, 0.1) is 17.6 Å². The quantitative estimate of drug-likeness (QED) is 0.813. The van der Waals surface area contributed by atoms with Gasteiger partial charge in [0.1, 0.15) is 17.3 Å². The van der Waals surface area contributed by atoms with E-state index in [0.29, 0.717) is 23.7 Å². The minimum atomic E-state index is -0.561. The van der Waals surface area contributed by atoms with Crippen molar-refractivity contribution in [1.82, 2.24) is 19.6 Å². The van der Waals surface area contributed by atoms with Crippen molar-refractivity contribution in [3.05, 3.63) is 53.4 Å². The molecular weight excluding hydrogens is 350 g/mol. The van der Waals surface area contributed by atoms with Gasteiger partial charge in [0, 0.05) is 37.8 Å². The zero-order valence-electron chi connectivity index (χ0n) is 15.2. The highest BCUT2D eigenvalue weighted by atomic mass is 19.1. The number of halogens is 2. The van der Waals surface area contributed by atoms with Gasteiger partial charge in [-0.25, -0.2) is 8.78 Å². The van der Waals surface area contributed by atoms with Crippen LogP contribution in [-0.4, -0.2) is 57.2 Å². The van der Waals surface area contributed by atoms with Crippen LogP contribution >= 0.6 is 0 Å². The molecule has 1 amide bonds. The van der Waals surface area contributed by atoms with E-state index in [4.69, 9.17) is 0 Å². The van der Waals surface area contributed by atoms with Crippen LogP contribution in [0.2, 0.25) is 0 Å². The molecule has 0 N–H and O–H groups in total. The zero-order valence-corrected chi connectivity index (χ0v) is 15.2. The highest BCUT2D eigenvalue weighted by molar-refractivity contribution is 5.93. The summed E-state index contributed by atoms with van der Waals surface area (Å²) in [5, 5.41) is 4.12. The van der Waals surface area contributed by atoms with E-state index in [2.05, 4.69) is 10.00 Å². The van der Waals surface area contributed by atoms with Gasteiger partial charge < -0.3 is 4.90 Å². The molecule has 5 nitrogen and oxygen atoms in total. The summed E-state index contributed by atoms with van der Waals surface area (Å²) in [6.45, 7) is 2.47. The van der Waals surface area contributed by atoms with Crippen LogP contribution in [0.1, 0.15) is 34.8 Å². The number of likely N-dealkylation sites (tertiary alicyclic amines) is 1. The molecule has 1 aromatic heterocycles. The molecule has 0 unspecified atom stereocenters. The standard InChI is InChI=1S/C20H22F2N4O/c1-24-17(2-5-23-24)20(27)26-11-16(13-8-14(21)10-15(22)9-13)19-18(26)12-3-6-25(19)7-4-12/h2,5,8-10,12,16,18-19H,3-4,6-7,11H2,1H3/t16-,18+,19+/m1/s1. The average Bonchev–Trinajstić information content (AvgIpc) is 3.26. The summed E-state index contributed by atoms with van der Waals surface area (Å²) in [5.74, 6) is -0.804. The predicted octanol–water partition coefficient (Wildman–Crippen LogP) is 2.40. The van der Waals surface area contributed by atoms with E-state index in [1.807, 2.05) is 4.90 Å². The Labute approximate surface area is 156 Å². The monoisotopic (exact) mass is 372 g/mol. The Kier molecular flexibility index (Phi) is 3.82. The number of piperidine rings is 3. The molecular formula is C20H22F2N4O. The number of carbonyl (C=O) groups excluding carboxylic acids is 1. The summed E-state index contributed by atoms with van der Waals surface area (Å²) >= 11 is 0. The van der Waals surface area contributed by atoms with Gasteiger partial charge in [-0.15, -0.1) is 0 Å². The van der Waals surface area contributed by atoms with Gasteiger partial charge in [-0.1, -0.05) is 0 Å². The molecule has 2 aromatic rings. The summed E-state index contributed by atoms with van der Waals surface area (Å²) in [6, 6.07) is 5.69. The second-order valence-corrected chi connectivity index (χ2v) is 7.96. The van der Waals surface area contributed by atoms with Gasteiger partial charge in [0.25, 0.3) is 5.91 Å². The molecule has 4 saturated heterocycles. The van der Waals surface area contributed by atoms with Gasteiger partial charge in [-0.05, 0) is 55.6 Å². The van der Waals surface area contributed by atoms with E-state index in [1.54, 1.807) is 24.0 Å². The third-order valence-electron chi connectivity index (χ3n) is 6.61. The molecule has 7 heteroatoms. The lowest BCUT2D eigenvalue weighted by Gasteiger charge is -2.51. The maximum Gasteiger partial charge on any atom is 0.272 e. The van der Waals surface area contributed by atoms with Crippen LogP contribution in [0.25, 0.3) is 0 Å². The molecule has 3 atom stereocenters. The van der Waals surface area contributed by atoms with Gasteiger partial charge in [0.15, 0.2) is 0 Å². The number of nitrogens with zero attached hydrogens (tertiary/aromatic N) is 4. The second kappa shape index (κ2) is 6.12. The first-order valence-corrected chi connectivity index (χ1v) is 9.52. The minimum absolute atomic E-state index is 0.0434. The number of hydrogen-bond acceptors (Lipinski definition) is 3. The molecule has 0 spiro atoms. The van der Waals surface area contributed by atoms with Crippen molar-refractivity contribution in [1.29, 1.82) is 0 Å². The number of carbonyl (C=O) groups is 1. The lowest BCUT2D eigenvalue weighted by molar-refractivity contribution is -0.00375. The normalized spacial score (nSPS) is 32.0. The van der Waals surface area contributed by atoms with Crippen molar-refractivity contribution in [2.75, 3.05) is 19.6 Å². The number of aryl methyl sites for hydroxylation is 1. The van der Waals surface area contributed by atoms with Crippen molar-refractivity contribution in [2.24, 2.45) is 13.0 Å². The molecule has 4 aliphatic rings. The molecule has 27 heavy (non-hydrogen) atoms. The van der Waals surface area contributed by atoms with Crippen LogP contribution < -0.4 is 0 Å². The third kappa shape index (κ3) is 2.59. The van der Waals surface area contributed by atoms with Gasteiger partial charge in [0.05, 0.1) is 6.04 Å². The summed E-state index contributed by atoms with van der Waals surface area (Å²) in [5.41, 5.74) is 1.20. The second-order valence-electron chi connectivity index (χ2n) is 7.96. The average molecular weight is 372 g/mol. The van der Waals surface area contributed by atoms with Gasteiger partial charge in [-0.3, -0.25) is 14.4 Å². The van der Waals surface area contributed by atoms with Crippen molar-refractivity contribution in [2.45, 2.75) is 30.8 Å². The molecule has 4 fully saturated rings. The summed E-state index contributed by atoms with van der Waals surface area (Å²) in [7, 11) is 1.76. The maximum atomic E-state index is 13.9. The smallest absolute Gasteiger partial charge is 0.272 e. The summed E-state index contributed by atoms with van der Waals surface area (Å²) < 4.78 is 29.4. The molecule has 0 aliphatic carbocycles. The van der Waals surface area contributed by atoms with Gasteiger partial charge >= 0.3 is 0 Å². The lowest BCUT2D eigenvalue weighted by Crippen LogP contribution is -2.60. The Morgan fingerprint density at radius 2 is 1.81 bits per heavy atom. The Hall–Kier alpha value is -2.28. The van der Waals surface area contributed by atoms with Crippen LogP contribution in [-0.2, 0) is 7.05 Å². The highest BCUT2D eigenvalue weighted by Gasteiger charge is 2.55. The first-order chi connectivity index (χ1) is 13.0. The summed E-state index contributed by atoms with van der Waals surface area (Å²) in [4.78, 5) is 17.6. The van der Waals surface area contributed by atoms with Crippen molar-refractivity contribution in [3.8, 4) is 0 Å². The first kappa shape index (κ1) is 16.9.